The quantitative estimate of drug-likeness (QED) is 0.901. The second-order valence-electron chi connectivity index (χ2n) is 5.91. The van der Waals surface area contributed by atoms with Crippen LogP contribution in [0.2, 0.25) is 0 Å². The molecule has 0 spiro atoms. The Morgan fingerprint density at radius 1 is 1.52 bits per heavy atom. The maximum atomic E-state index is 12.7. The Morgan fingerprint density at radius 3 is 3.10 bits per heavy atom. The van der Waals surface area contributed by atoms with Gasteiger partial charge in [-0.05, 0) is 38.7 Å². The summed E-state index contributed by atoms with van der Waals surface area (Å²) in [5.74, 6) is 0.382. The lowest BCUT2D eigenvalue weighted by Gasteiger charge is -2.34. The van der Waals surface area contributed by atoms with Gasteiger partial charge >= 0.3 is 0 Å². The molecule has 0 saturated carbocycles. The molecule has 6 heteroatoms. The van der Waals surface area contributed by atoms with Crippen molar-refractivity contribution in [2.45, 2.75) is 32.7 Å². The third-order valence-electron chi connectivity index (χ3n) is 4.23. The molecule has 1 aliphatic heterocycles. The normalized spacial score (nSPS) is 20.7. The summed E-state index contributed by atoms with van der Waals surface area (Å²) >= 11 is 0. The fourth-order valence-electron chi connectivity index (χ4n) is 2.90. The number of hydrogen-bond acceptors (Lipinski definition) is 4. The Labute approximate surface area is 123 Å². The minimum absolute atomic E-state index is 0.00782. The number of carbonyl (C=O) groups is 1. The van der Waals surface area contributed by atoms with Crippen LogP contribution in [0.25, 0.3) is 5.65 Å². The van der Waals surface area contributed by atoms with Gasteiger partial charge in [-0.25, -0.2) is 9.50 Å². The maximum Gasteiger partial charge on any atom is 0.259 e. The van der Waals surface area contributed by atoms with Crippen molar-refractivity contribution < 1.29 is 4.79 Å². The summed E-state index contributed by atoms with van der Waals surface area (Å²) in [5, 5.41) is 4.21. The van der Waals surface area contributed by atoms with Crippen molar-refractivity contribution in [1.82, 2.24) is 19.5 Å². The summed E-state index contributed by atoms with van der Waals surface area (Å²) in [7, 11) is 0. The highest BCUT2D eigenvalue weighted by atomic mass is 16.2. The van der Waals surface area contributed by atoms with Gasteiger partial charge in [-0.15, -0.1) is 0 Å². The molecule has 6 nitrogen and oxygen atoms in total. The molecule has 1 amide bonds. The zero-order valence-corrected chi connectivity index (χ0v) is 12.5. The van der Waals surface area contributed by atoms with E-state index >= 15 is 0 Å². The lowest BCUT2D eigenvalue weighted by atomic mass is 9.92. The first-order chi connectivity index (χ1) is 10.1. The standard InChI is InChI=1S/C15H21N5O/c1-10-5-7-20-14(18-10)13(8-17-20)15(21)19-6-3-4-12(9-19)11(2)16/h5,7-8,11-12H,3-4,6,9,16H2,1-2H3. The summed E-state index contributed by atoms with van der Waals surface area (Å²) in [6, 6.07) is 1.99. The Balaban J connectivity index is 1.88. The van der Waals surface area contributed by atoms with Crippen LogP contribution in [-0.2, 0) is 0 Å². The van der Waals surface area contributed by atoms with Crippen molar-refractivity contribution in [1.29, 1.82) is 0 Å². The third-order valence-corrected chi connectivity index (χ3v) is 4.23. The monoisotopic (exact) mass is 287 g/mol. The van der Waals surface area contributed by atoms with E-state index in [-0.39, 0.29) is 11.9 Å². The molecular formula is C15H21N5O. The number of rotatable bonds is 2. The van der Waals surface area contributed by atoms with E-state index in [2.05, 4.69) is 10.1 Å². The average Bonchev–Trinajstić information content (AvgIpc) is 2.89. The molecule has 112 valence electrons. The number of amides is 1. The molecule has 3 heterocycles. The number of likely N-dealkylation sites (tertiary alicyclic amines) is 1. The molecule has 0 aliphatic carbocycles. The van der Waals surface area contributed by atoms with Gasteiger partial charge in [0.2, 0.25) is 0 Å². The fraction of sp³-hybridized carbons (Fsp3) is 0.533. The summed E-state index contributed by atoms with van der Waals surface area (Å²) in [4.78, 5) is 19.1. The van der Waals surface area contributed by atoms with Gasteiger partial charge < -0.3 is 10.6 Å². The topological polar surface area (TPSA) is 76.5 Å². The van der Waals surface area contributed by atoms with E-state index in [1.807, 2.05) is 31.0 Å². The van der Waals surface area contributed by atoms with E-state index in [1.165, 1.54) is 0 Å². The molecule has 21 heavy (non-hydrogen) atoms. The zero-order valence-electron chi connectivity index (χ0n) is 12.5. The van der Waals surface area contributed by atoms with Gasteiger partial charge in [-0.3, -0.25) is 4.79 Å². The van der Waals surface area contributed by atoms with Crippen molar-refractivity contribution in [3.63, 3.8) is 0 Å². The molecule has 0 bridgehead atoms. The van der Waals surface area contributed by atoms with Gasteiger partial charge in [-0.1, -0.05) is 0 Å². The highest BCUT2D eigenvalue weighted by molar-refractivity contribution is 5.99. The van der Waals surface area contributed by atoms with E-state index in [1.54, 1.807) is 10.7 Å². The first kappa shape index (κ1) is 14.0. The molecule has 1 saturated heterocycles. The predicted molar refractivity (Wildman–Crippen MR) is 80.0 cm³/mol. The van der Waals surface area contributed by atoms with Gasteiger partial charge in [0.15, 0.2) is 5.65 Å². The number of piperidine rings is 1. The smallest absolute Gasteiger partial charge is 0.259 e. The van der Waals surface area contributed by atoms with Crippen LogP contribution >= 0.6 is 0 Å². The van der Waals surface area contributed by atoms with Crippen LogP contribution in [0.3, 0.4) is 0 Å². The predicted octanol–water partition coefficient (Wildman–Crippen LogP) is 1.24. The zero-order chi connectivity index (χ0) is 15.0. The minimum Gasteiger partial charge on any atom is -0.338 e. The van der Waals surface area contributed by atoms with Crippen molar-refractivity contribution in [3.8, 4) is 0 Å². The maximum absolute atomic E-state index is 12.7. The summed E-state index contributed by atoms with van der Waals surface area (Å²) < 4.78 is 1.65. The Kier molecular flexibility index (Phi) is 3.63. The molecule has 0 radical (unpaired) electrons. The van der Waals surface area contributed by atoms with Gasteiger partial charge in [0, 0.05) is 31.0 Å². The highest BCUT2D eigenvalue weighted by Crippen LogP contribution is 2.21. The first-order valence-electron chi connectivity index (χ1n) is 7.42. The van der Waals surface area contributed by atoms with E-state index in [9.17, 15) is 4.79 Å². The SMILES string of the molecule is Cc1ccn2ncc(C(=O)N3CCCC(C(C)N)C3)c2n1. The lowest BCUT2D eigenvalue weighted by molar-refractivity contribution is 0.0662. The molecule has 0 aromatic carbocycles. The number of nitrogens with two attached hydrogens (primary N) is 1. The van der Waals surface area contributed by atoms with Crippen molar-refractivity contribution in [3.05, 3.63) is 29.7 Å². The summed E-state index contributed by atoms with van der Waals surface area (Å²) in [5.41, 5.74) is 8.07. The number of hydrogen-bond donors (Lipinski definition) is 1. The second-order valence-corrected chi connectivity index (χ2v) is 5.91. The number of carbonyl (C=O) groups excluding carboxylic acids is 1. The van der Waals surface area contributed by atoms with Gasteiger partial charge in [-0.2, -0.15) is 5.10 Å². The van der Waals surface area contributed by atoms with Crippen molar-refractivity contribution >= 4 is 11.6 Å². The third kappa shape index (κ3) is 2.63. The molecule has 1 aliphatic rings. The van der Waals surface area contributed by atoms with Crippen LogP contribution in [0, 0.1) is 12.8 Å². The molecule has 1 fully saturated rings. The molecule has 2 unspecified atom stereocenters. The second kappa shape index (κ2) is 5.44. The number of nitrogens with zero attached hydrogens (tertiary/aromatic N) is 4. The lowest BCUT2D eigenvalue weighted by Crippen LogP contribution is -2.45. The number of fused-ring (bicyclic) bond motifs is 1. The molecule has 2 N–H and O–H groups in total. The van der Waals surface area contributed by atoms with Crippen molar-refractivity contribution in [2.75, 3.05) is 13.1 Å². The van der Waals surface area contributed by atoms with E-state index < -0.39 is 0 Å². The summed E-state index contributed by atoms with van der Waals surface area (Å²) in [6.45, 7) is 5.43. The minimum atomic E-state index is 0.00782. The average molecular weight is 287 g/mol. The highest BCUT2D eigenvalue weighted by Gasteiger charge is 2.28. The van der Waals surface area contributed by atoms with E-state index in [0.29, 0.717) is 17.1 Å². The molecule has 2 atom stereocenters. The Hall–Kier alpha value is -1.95. The molecule has 2 aromatic rings. The Bertz CT molecular complexity index is 663. The van der Waals surface area contributed by atoms with Gasteiger partial charge in [0.1, 0.15) is 5.56 Å². The van der Waals surface area contributed by atoms with Crippen LogP contribution in [0.4, 0.5) is 0 Å². The molecule has 3 rings (SSSR count). The van der Waals surface area contributed by atoms with E-state index in [4.69, 9.17) is 5.73 Å². The Morgan fingerprint density at radius 2 is 2.33 bits per heavy atom. The van der Waals surface area contributed by atoms with E-state index in [0.717, 1.165) is 31.6 Å². The van der Waals surface area contributed by atoms with Crippen LogP contribution in [0.15, 0.2) is 18.5 Å². The number of aromatic nitrogens is 3. The summed E-state index contributed by atoms with van der Waals surface area (Å²) in [6.07, 6.45) is 5.53. The van der Waals surface area contributed by atoms with Gasteiger partial charge in [0.25, 0.3) is 5.91 Å². The molecular weight excluding hydrogens is 266 g/mol. The molecule has 2 aromatic heterocycles. The number of aryl methyl sites for hydroxylation is 1. The fourth-order valence-corrected chi connectivity index (χ4v) is 2.90. The van der Waals surface area contributed by atoms with Crippen LogP contribution in [0.5, 0.6) is 0 Å². The van der Waals surface area contributed by atoms with Gasteiger partial charge in [0.05, 0.1) is 6.20 Å². The van der Waals surface area contributed by atoms with Crippen LogP contribution in [-0.4, -0.2) is 44.5 Å². The van der Waals surface area contributed by atoms with Crippen molar-refractivity contribution in [2.24, 2.45) is 11.7 Å². The van der Waals surface area contributed by atoms with Crippen LogP contribution in [0.1, 0.15) is 35.8 Å². The first-order valence-corrected chi connectivity index (χ1v) is 7.42. The van der Waals surface area contributed by atoms with Crippen LogP contribution < -0.4 is 5.73 Å². The largest absolute Gasteiger partial charge is 0.338 e.